The Morgan fingerprint density at radius 2 is 1.81 bits per heavy atom. The van der Waals surface area contributed by atoms with Crippen LogP contribution in [0, 0.1) is 39.9 Å². The van der Waals surface area contributed by atoms with E-state index in [0.717, 1.165) is 19.3 Å². The van der Waals surface area contributed by atoms with Crippen LogP contribution in [0.25, 0.3) is 0 Å². The van der Waals surface area contributed by atoms with Gasteiger partial charge in [0.25, 0.3) is 0 Å². The van der Waals surface area contributed by atoms with Crippen molar-refractivity contribution in [2.75, 3.05) is 6.61 Å². The van der Waals surface area contributed by atoms with Gasteiger partial charge in [-0.2, -0.15) is 0 Å². The summed E-state index contributed by atoms with van der Waals surface area (Å²) in [7, 11) is 0. The largest absolute Gasteiger partial charge is 0.481 e. The molecule has 4 rings (SSSR count). The van der Waals surface area contributed by atoms with E-state index in [1.807, 2.05) is 6.92 Å². The second-order valence-corrected chi connectivity index (χ2v) is 10.4. The molecule has 4 nitrogen and oxygen atoms in total. The number of hydrogen-bond acceptors (Lipinski definition) is 3. The van der Waals surface area contributed by atoms with Crippen molar-refractivity contribution < 1.29 is 19.4 Å². The fraction of sp³-hybridized carbons (Fsp3) is 0.909. The third kappa shape index (κ3) is 2.46. The maximum absolute atomic E-state index is 12.1. The highest BCUT2D eigenvalue weighted by Gasteiger charge is 2.65. The maximum Gasteiger partial charge on any atom is 0.309 e. The number of carboxylic acids is 1. The second-order valence-electron chi connectivity index (χ2n) is 10.4. The van der Waals surface area contributed by atoms with E-state index in [-0.39, 0.29) is 11.4 Å². The molecule has 2 bridgehead atoms. The first kappa shape index (κ1) is 18.3. The molecule has 146 valence electrons. The van der Waals surface area contributed by atoms with Gasteiger partial charge in [0.1, 0.15) is 0 Å². The standard InChI is InChI=1S/C22H34O4/c1-14(23)26-13-16-12-22-10-7-17-20(2,18(22)6-5-15(16)11-22)8-4-9-21(17,3)19(24)25/h15-18H,4-13H2,1-3H3,(H,24,25)/t15-,16-,17?,18?,20+,21+,22?/m0/s1. The Hall–Kier alpha value is -1.06. The van der Waals surface area contributed by atoms with Crippen LogP contribution in [0.1, 0.15) is 78.6 Å². The summed E-state index contributed by atoms with van der Waals surface area (Å²) >= 11 is 0. The fourth-order valence-electron chi connectivity index (χ4n) is 8.26. The lowest BCUT2D eigenvalue weighted by atomic mass is 9.41. The quantitative estimate of drug-likeness (QED) is 0.742. The molecule has 4 heteroatoms. The van der Waals surface area contributed by atoms with E-state index in [1.165, 1.54) is 45.4 Å². The van der Waals surface area contributed by atoms with Crippen LogP contribution in [0.5, 0.6) is 0 Å². The van der Waals surface area contributed by atoms with Gasteiger partial charge in [-0.25, -0.2) is 0 Å². The van der Waals surface area contributed by atoms with Crippen LogP contribution in [0.3, 0.4) is 0 Å². The van der Waals surface area contributed by atoms with Crippen molar-refractivity contribution in [2.24, 2.45) is 39.9 Å². The molecular weight excluding hydrogens is 328 g/mol. The average Bonchev–Trinajstić information content (AvgIpc) is 2.82. The Morgan fingerprint density at radius 3 is 2.50 bits per heavy atom. The third-order valence-electron chi connectivity index (χ3n) is 9.26. The number of rotatable bonds is 3. The van der Waals surface area contributed by atoms with Crippen molar-refractivity contribution in [1.29, 1.82) is 0 Å². The van der Waals surface area contributed by atoms with Crippen LogP contribution in [0.2, 0.25) is 0 Å². The molecule has 4 saturated carbocycles. The summed E-state index contributed by atoms with van der Waals surface area (Å²) in [6.45, 7) is 6.52. The molecule has 3 unspecified atom stereocenters. The summed E-state index contributed by atoms with van der Waals surface area (Å²) in [5.41, 5.74) is -0.0259. The highest BCUT2D eigenvalue weighted by molar-refractivity contribution is 5.75. The van der Waals surface area contributed by atoms with E-state index in [4.69, 9.17) is 4.74 Å². The number of fused-ring (bicyclic) bond motifs is 3. The lowest BCUT2D eigenvalue weighted by molar-refractivity contribution is -0.181. The predicted molar refractivity (Wildman–Crippen MR) is 98.4 cm³/mol. The zero-order valence-corrected chi connectivity index (χ0v) is 16.6. The molecule has 7 atom stereocenters. The molecule has 1 N–H and O–H groups in total. The molecule has 4 fully saturated rings. The molecule has 0 heterocycles. The van der Waals surface area contributed by atoms with Crippen molar-refractivity contribution in [3.05, 3.63) is 0 Å². The Kier molecular flexibility index (Phi) is 4.20. The minimum atomic E-state index is -0.586. The summed E-state index contributed by atoms with van der Waals surface area (Å²) in [5, 5.41) is 9.99. The summed E-state index contributed by atoms with van der Waals surface area (Å²) < 4.78 is 5.39. The van der Waals surface area contributed by atoms with Gasteiger partial charge in [-0.15, -0.1) is 0 Å². The van der Waals surface area contributed by atoms with E-state index in [9.17, 15) is 14.7 Å². The first-order valence-electron chi connectivity index (χ1n) is 10.6. The Bertz CT molecular complexity index is 615. The summed E-state index contributed by atoms with van der Waals surface area (Å²) in [6, 6.07) is 0. The van der Waals surface area contributed by atoms with E-state index in [0.29, 0.717) is 35.7 Å². The molecule has 0 saturated heterocycles. The fourth-order valence-corrected chi connectivity index (χ4v) is 8.26. The van der Waals surface area contributed by atoms with Crippen LogP contribution in [-0.4, -0.2) is 23.7 Å². The molecule has 0 radical (unpaired) electrons. The van der Waals surface area contributed by atoms with Gasteiger partial charge in [0.05, 0.1) is 12.0 Å². The molecule has 1 spiro atoms. The van der Waals surface area contributed by atoms with Crippen LogP contribution >= 0.6 is 0 Å². The number of hydrogen-bond donors (Lipinski definition) is 1. The minimum absolute atomic E-state index is 0.158. The van der Waals surface area contributed by atoms with Gasteiger partial charge < -0.3 is 9.84 Å². The lowest BCUT2D eigenvalue weighted by Gasteiger charge is -2.63. The van der Waals surface area contributed by atoms with Gasteiger partial charge in [-0.05, 0) is 92.8 Å². The van der Waals surface area contributed by atoms with Crippen LogP contribution < -0.4 is 0 Å². The van der Waals surface area contributed by atoms with Gasteiger partial charge >= 0.3 is 11.9 Å². The number of carboxylic acid groups (broad SMARTS) is 1. The van der Waals surface area contributed by atoms with Crippen molar-refractivity contribution in [2.45, 2.75) is 78.6 Å². The smallest absolute Gasteiger partial charge is 0.309 e. The van der Waals surface area contributed by atoms with Gasteiger partial charge in [0, 0.05) is 6.92 Å². The van der Waals surface area contributed by atoms with E-state index >= 15 is 0 Å². The van der Waals surface area contributed by atoms with Gasteiger partial charge in [-0.1, -0.05) is 13.3 Å². The topological polar surface area (TPSA) is 63.6 Å². The van der Waals surface area contributed by atoms with Crippen LogP contribution in [0.4, 0.5) is 0 Å². The Labute approximate surface area is 157 Å². The molecule has 4 aliphatic rings. The molecule has 26 heavy (non-hydrogen) atoms. The van der Waals surface area contributed by atoms with Gasteiger partial charge in [0.15, 0.2) is 0 Å². The number of aliphatic carboxylic acids is 1. The Morgan fingerprint density at radius 1 is 1.04 bits per heavy atom. The van der Waals surface area contributed by atoms with Gasteiger partial charge in [0.2, 0.25) is 0 Å². The molecule has 0 aromatic carbocycles. The highest BCUT2D eigenvalue weighted by Crippen LogP contribution is 2.72. The molecule has 4 aliphatic carbocycles. The van der Waals surface area contributed by atoms with E-state index < -0.39 is 11.4 Å². The zero-order chi connectivity index (χ0) is 18.7. The third-order valence-corrected chi connectivity index (χ3v) is 9.26. The van der Waals surface area contributed by atoms with Crippen LogP contribution in [-0.2, 0) is 14.3 Å². The van der Waals surface area contributed by atoms with E-state index in [2.05, 4.69) is 6.92 Å². The van der Waals surface area contributed by atoms with Crippen molar-refractivity contribution in [3.63, 3.8) is 0 Å². The highest BCUT2D eigenvalue weighted by atomic mass is 16.5. The number of carbonyl (C=O) groups excluding carboxylic acids is 1. The average molecular weight is 363 g/mol. The summed E-state index contributed by atoms with van der Waals surface area (Å²) in [5.74, 6) is 1.41. The first-order chi connectivity index (χ1) is 12.2. The van der Waals surface area contributed by atoms with Crippen LogP contribution in [0.15, 0.2) is 0 Å². The van der Waals surface area contributed by atoms with Crippen molar-refractivity contribution >= 4 is 11.9 Å². The maximum atomic E-state index is 12.1. The summed E-state index contributed by atoms with van der Waals surface area (Å²) in [4.78, 5) is 23.4. The van der Waals surface area contributed by atoms with E-state index in [1.54, 1.807) is 0 Å². The number of carbonyl (C=O) groups is 2. The SMILES string of the molecule is CC(=O)OC[C@@H]1CC23CCC4[C@@](C)(CCC[C@@]4(C)C(=O)O)C2CC[C@H]1C3. The molecule has 0 aliphatic heterocycles. The van der Waals surface area contributed by atoms with Gasteiger partial charge in [-0.3, -0.25) is 9.59 Å². The lowest BCUT2D eigenvalue weighted by Crippen LogP contribution is -2.58. The first-order valence-corrected chi connectivity index (χ1v) is 10.6. The molecule has 0 amide bonds. The monoisotopic (exact) mass is 362 g/mol. The van der Waals surface area contributed by atoms with Crippen molar-refractivity contribution in [3.8, 4) is 0 Å². The summed E-state index contributed by atoms with van der Waals surface area (Å²) in [6.07, 6.45) is 10.2. The predicted octanol–water partition coefficient (Wildman–Crippen LogP) is 4.66. The second kappa shape index (κ2) is 5.97. The number of ether oxygens (including phenoxy) is 1. The zero-order valence-electron chi connectivity index (χ0n) is 16.6. The number of esters is 1. The minimum Gasteiger partial charge on any atom is -0.481 e. The molecular formula is C22H34O4. The van der Waals surface area contributed by atoms with Crippen molar-refractivity contribution in [1.82, 2.24) is 0 Å². The molecule has 0 aromatic rings. The molecule has 0 aromatic heterocycles. The normalized spacial score (nSPS) is 49.8. The Balaban J connectivity index is 1.61.